The minimum absolute atomic E-state index is 0.0675. The normalized spacial score (nSPS) is 11.7. The molecule has 18 heavy (non-hydrogen) atoms. The van der Waals surface area contributed by atoms with E-state index in [-0.39, 0.29) is 12.5 Å². The molecule has 0 radical (unpaired) electrons. The molecule has 1 atom stereocenters. The number of hydrogen-bond acceptors (Lipinski definition) is 4. The van der Waals surface area contributed by atoms with E-state index in [0.717, 1.165) is 5.69 Å². The second kappa shape index (κ2) is 6.74. The van der Waals surface area contributed by atoms with Gasteiger partial charge < -0.3 is 19.9 Å². The zero-order chi connectivity index (χ0) is 13.5. The van der Waals surface area contributed by atoms with Gasteiger partial charge in [-0.1, -0.05) is 0 Å². The smallest absolute Gasteiger partial charge is 0.303 e. The van der Waals surface area contributed by atoms with E-state index in [1.807, 2.05) is 19.1 Å². The molecule has 0 bridgehead atoms. The first kappa shape index (κ1) is 14.2. The van der Waals surface area contributed by atoms with Crippen molar-refractivity contribution in [3.05, 3.63) is 18.2 Å². The number of carboxylic acids is 1. The Hall–Kier alpha value is -1.91. The van der Waals surface area contributed by atoms with Crippen LogP contribution in [0.1, 0.15) is 19.8 Å². The summed E-state index contributed by atoms with van der Waals surface area (Å²) in [5.74, 6) is 0.608. The number of nitrogens with one attached hydrogen (secondary N) is 1. The van der Waals surface area contributed by atoms with Crippen LogP contribution < -0.4 is 14.8 Å². The van der Waals surface area contributed by atoms with Gasteiger partial charge in [0.05, 0.1) is 14.2 Å². The molecule has 0 fully saturated rings. The standard InChI is InChI=1S/C13H19NO4/c1-9(4-5-13(15)16)14-10-6-11(17-2)8-12(7-10)18-3/h6-9,14H,4-5H2,1-3H3,(H,15,16). The molecule has 0 spiro atoms. The highest BCUT2D eigenvalue weighted by atomic mass is 16.5. The SMILES string of the molecule is COc1cc(NC(C)CCC(=O)O)cc(OC)c1. The lowest BCUT2D eigenvalue weighted by Crippen LogP contribution is -2.16. The first-order valence-corrected chi connectivity index (χ1v) is 5.76. The van der Waals surface area contributed by atoms with Crippen molar-refractivity contribution < 1.29 is 19.4 Å². The molecular weight excluding hydrogens is 234 g/mol. The molecule has 0 heterocycles. The Morgan fingerprint density at radius 3 is 2.28 bits per heavy atom. The van der Waals surface area contributed by atoms with E-state index in [2.05, 4.69) is 5.32 Å². The predicted molar refractivity (Wildman–Crippen MR) is 69.5 cm³/mol. The molecule has 1 unspecified atom stereocenters. The molecular formula is C13H19NO4. The molecule has 0 aromatic heterocycles. The lowest BCUT2D eigenvalue weighted by Gasteiger charge is -2.16. The van der Waals surface area contributed by atoms with Crippen LogP contribution in [0, 0.1) is 0 Å². The highest BCUT2D eigenvalue weighted by molar-refractivity contribution is 5.66. The molecule has 1 rings (SSSR count). The summed E-state index contributed by atoms with van der Waals surface area (Å²) in [6, 6.07) is 5.55. The topological polar surface area (TPSA) is 67.8 Å². The van der Waals surface area contributed by atoms with Gasteiger partial charge >= 0.3 is 5.97 Å². The minimum atomic E-state index is -0.785. The fourth-order valence-corrected chi connectivity index (χ4v) is 1.59. The van der Waals surface area contributed by atoms with Crippen LogP contribution in [0.2, 0.25) is 0 Å². The monoisotopic (exact) mass is 253 g/mol. The molecule has 1 aromatic rings. The maximum absolute atomic E-state index is 10.5. The van der Waals surface area contributed by atoms with Gasteiger partial charge in [0.25, 0.3) is 0 Å². The van der Waals surface area contributed by atoms with Gasteiger partial charge in [-0.25, -0.2) is 0 Å². The van der Waals surface area contributed by atoms with Gasteiger partial charge in [0.1, 0.15) is 11.5 Å². The lowest BCUT2D eigenvalue weighted by molar-refractivity contribution is -0.137. The van der Waals surface area contributed by atoms with Crippen molar-refractivity contribution in [3.8, 4) is 11.5 Å². The highest BCUT2D eigenvalue weighted by Gasteiger charge is 2.07. The van der Waals surface area contributed by atoms with Crippen molar-refractivity contribution in [1.29, 1.82) is 0 Å². The fourth-order valence-electron chi connectivity index (χ4n) is 1.59. The average Bonchev–Trinajstić information content (AvgIpc) is 2.35. The number of anilines is 1. The van der Waals surface area contributed by atoms with Gasteiger partial charge in [0.15, 0.2) is 0 Å². The first-order chi connectivity index (χ1) is 8.55. The first-order valence-electron chi connectivity index (χ1n) is 5.76. The Labute approximate surface area is 107 Å². The summed E-state index contributed by atoms with van der Waals surface area (Å²) in [6.45, 7) is 1.94. The predicted octanol–water partition coefficient (Wildman–Crippen LogP) is 2.37. The van der Waals surface area contributed by atoms with E-state index in [4.69, 9.17) is 14.6 Å². The summed E-state index contributed by atoms with van der Waals surface area (Å²) in [6.07, 6.45) is 0.712. The number of carboxylic acid groups (broad SMARTS) is 1. The zero-order valence-corrected chi connectivity index (χ0v) is 10.9. The number of rotatable bonds is 7. The van der Waals surface area contributed by atoms with Crippen molar-refractivity contribution in [3.63, 3.8) is 0 Å². The summed E-state index contributed by atoms with van der Waals surface area (Å²) >= 11 is 0. The largest absolute Gasteiger partial charge is 0.497 e. The van der Waals surface area contributed by atoms with Crippen LogP contribution in [0.3, 0.4) is 0 Å². The van der Waals surface area contributed by atoms with E-state index in [9.17, 15) is 4.79 Å². The van der Waals surface area contributed by atoms with Crippen molar-refractivity contribution in [2.75, 3.05) is 19.5 Å². The van der Waals surface area contributed by atoms with E-state index < -0.39 is 5.97 Å². The summed E-state index contributed by atoms with van der Waals surface area (Å²) in [5, 5.41) is 11.8. The van der Waals surface area contributed by atoms with Gasteiger partial charge in [0, 0.05) is 36.3 Å². The quantitative estimate of drug-likeness (QED) is 0.780. The van der Waals surface area contributed by atoms with Crippen molar-refractivity contribution in [2.24, 2.45) is 0 Å². The van der Waals surface area contributed by atoms with Gasteiger partial charge in [-0.2, -0.15) is 0 Å². The van der Waals surface area contributed by atoms with Gasteiger partial charge in [0.2, 0.25) is 0 Å². The molecule has 0 saturated carbocycles. The summed E-state index contributed by atoms with van der Waals surface area (Å²) < 4.78 is 10.3. The van der Waals surface area contributed by atoms with E-state index in [1.54, 1.807) is 20.3 Å². The summed E-state index contributed by atoms with van der Waals surface area (Å²) in [5.41, 5.74) is 0.851. The van der Waals surface area contributed by atoms with Crippen LogP contribution >= 0.6 is 0 Å². The molecule has 0 amide bonds. The Bertz CT molecular complexity index is 384. The van der Waals surface area contributed by atoms with Crippen LogP contribution in [0.15, 0.2) is 18.2 Å². The van der Waals surface area contributed by atoms with Gasteiger partial charge in [-0.3, -0.25) is 4.79 Å². The summed E-state index contributed by atoms with van der Waals surface area (Å²) in [4.78, 5) is 10.5. The number of benzene rings is 1. The number of aliphatic carboxylic acids is 1. The van der Waals surface area contributed by atoms with Crippen molar-refractivity contribution in [2.45, 2.75) is 25.8 Å². The number of methoxy groups -OCH3 is 2. The molecule has 100 valence electrons. The molecule has 0 aliphatic heterocycles. The molecule has 0 saturated heterocycles. The third-order valence-corrected chi connectivity index (χ3v) is 2.56. The van der Waals surface area contributed by atoms with Crippen molar-refractivity contribution >= 4 is 11.7 Å². The average molecular weight is 253 g/mol. The van der Waals surface area contributed by atoms with Gasteiger partial charge in [-0.15, -0.1) is 0 Å². The maximum Gasteiger partial charge on any atom is 0.303 e. The maximum atomic E-state index is 10.5. The lowest BCUT2D eigenvalue weighted by atomic mass is 10.1. The fraction of sp³-hybridized carbons (Fsp3) is 0.462. The third kappa shape index (κ3) is 4.53. The highest BCUT2D eigenvalue weighted by Crippen LogP contribution is 2.26. The van der Waals surface area contributed by atoms with Crippen LogP contribution in [-0.4, -0.2) is 31.3 Å². The third-order valence-electron chi connectivity index (χ3n) is 2.56. The van der Waals surface area contributed by atoms with E-state index >= 15 is 0 Å². The van der Waals surface area contributed by atoms with Crippen LogP contribution in [0.5, 0.6) is 11.5 Å². The zero-order valence-electron chi connectivity index (χ0n) is 10.9. The number of ether oxygens (including phenoxy) is 2. The minimum Gasteiger partial charge on any atom is -0.497 e. The Morgan fingerprint density at radius 2 is 1.83 bits per heavy atom. The molecule has 5 heteroatoms. The van der Waals surface area contributed by atoms with Crippen LogP contribution in [-0.2, 0) is 4.79 Å². The molecule has 0 aliphatic carbocycles. The van der Waals surface area contributed by atoms with Gasteiger partial charge in [-0.05, 0) is 13.3 Å². The van der Waals surface area contributed by atoms with E-state index in [1.165, 1.54) is 0 Å². The second-order valence-electron chi connectivity index (χ2n) is 4.08. The second-order valence-corrected chi connectivity index (χ2v) is 4.08. The van der Waals surface area contributed by atoms with E-state index in [0.29, 0.717) is 17.9 Å². The molecule has 1 aromatic carbocycles. The molecule has 0 aliphatic rings. The molecule has 5 nitrogen and oxygen atoms in total. The molecule has 2 N–H and O–H groups in total. The van der Waals surface area contributed by atoms with Crippen molar-refractivity contribution in [1.82, 2.24) is 0 Å². The number of hydrogen-bond donors (Lipinski definition) is 2. The Balaban J connectivity index is 2.67. The number of carbonyl (C=O) groups is 1. The Morgan fingerprint density at radius 1 is 1.28 bits per heavy atom. The van der Waals surface area contributed by atoms with Crippen LogP contribution in [0.25, 0.3) is 0 Å². The summed E-state index contributed by atoms with van der Waals surface area (Å²) in [7, 11) is 3.18. The van der Waals surface area contributed by atoms with Crippen LogP contribution in [0.4, 0.5) is 5.69 Å². The Kier molecular flexibility index (Phi) is 5.30.